The van der Waals surface area contributed by atoms with Crippen LogP contribution in [0.3, 0.4) is 0 Å². The summed E-state index contributed by atoms with van der Waals surface area (Å²) in [5, 5.41) is 0. The predicted molar refractivity (Wildman–Crippen MR) is 76.0 cm³/mol. The fraction of sp³-hybridized carbons (Fsp3) is 0.250. The van der Waals surface area contributed by atoms with Gasteiger partial charge in [0.25, 0.3) is 0 Å². The van der Waals surface area contributed by atoms with Crippen LogP contribution in [-0.4, -0.2) is 13.7 Å². The van der Waals surface area contributed by atoms with Crippen molar-refractivity contribution in [3.8, 4) is 5.75 Å². The fourth-order valence-corrected chi connectivity index (χ4v) is 1.97. The molecule has 0 radical (unpaired) electrons. The van der Waals surface area contributed by atoms with Crippen LogP contribution in [0, 0.1) is 5.82 Å². The molecule has 106 valence electrons. The van der Waals surface area contributed by atoms with E-state index in [4.69, 9.17) is 15.2 Å². The summed E-state index contributed by atoms with van der Waals surface area (Å²) in [7, 11) is 1.62. The van der Waals surface area contributed by atoms with Crippen molar-refractivity contribution in [1.29, 1.82) is 0 Å². The molecule has 20 heavy (non-hydrogen) atoms. The Morgan fingerprint density at radius 2 is 1.95 bits per heavy atom. The molecule has 0 aromatic heterocycles. The monoisotopic (exact) mass is 275 g/mol. The minimum absolute atomic E-state index is 0.286. The quantitative estimate of drug-likeness (QED) is 0.881. The normalized spacial score (nSPS) is 12.2. The molecule has 2 aromatic carbocycles. The molecule has 1 atom stereocenters. The molecule has 0 aliphatic rings. The van der Waals surface area contributed by atoms with Gasteiger partial charge in [0, 0.05) is 6.54 Å². The van der Waals surface area contributed by atoms with Crippen LogP contribution >= 0.6 is 0 Å². The van der Waals surface area contributed by atoms with E-state index in [9.17, 15) is 4.39 Å². The molecule has 3 nitrogen and oxygen atoms in total. The average molecular weight is 275 g/mol. The summed E-state index contributed by atoms with van der Waals surface area (Å²) in [6.45, 7) is 0.697. The summed E-state index contributed by atoms with van der Waals surface area (Å²) >= 11 is 0. The van der Waals surface area contributed by atoms with Gasteiger partial charge in [-0.25, -0.2) is 4.39 Å². The lowest BCUT2D eigenvalue weighted by molar-refractivity contribution is 0.0454. The maximum Gasteiger partial charge on any atom is 0.123 e. The maximum atomic E-state index is 13.2. The highest BCUT2D eigenvalue weighted by Crippen LogP contribution is 2.20. The van der Waals surface area contributed by atoms with Gasteiger partial charge in [-0.3, -0.25) is 0 Å². The van der Waals surface area contributed by atoms with Crippen LogP contribution < -0.4 is 10.5 Å². The predicted octanol–water partition coefficient (Wildman–Crippen LogP) is 3.05. The van der Waals surface area contributed by atoms with Crippen LogP contribution in [0.2, 0.25) is 0 Å². The number of hydrogen-bond donors (Lipinski definition) is 1. The van der Waals surface area contributed by atoms with E-state index >= 15 is 0 Å². The third kappa shape index (κ3) is 3.79. The van der Waals surface area contributed by atoms with Gasteiger partial charge in [0.15, 0.2) is 0 Å². The lowest BCUT2D eigenvalue weighted by Gasteiger charge is -2.17. The van der Waals surface area contributed by atoms with Gasteiger partial charge < -0.3 is 15.2 Å². The number of nitrogens with two attached hydrogens (primary N) is 1. The van der Waals surface area contributed by atoms with Crippen LogP contribution in [0.4, 0.5) is 4.39 Å². The highest BCUT2D eigenvalue weighted by Gasteiger charge is 2.11. The Labute approximate surface area is 118 Å². The van der Waals surface area contributed by atoms with Gasteiger partial charge in [0.2, 0.25) is 0 Å². The van der Waals surface area contributed by atoms with Crippen molar-refractivity contribution in [1.82, 2.24) is 0 Å². The van der Waals surface area contributed by atoms with Gasteiger partial charge >= 0.3 is 0 Å². The zero-order chi connectivity index (χ0) is 14.4. The Bertz CT molecular complexity index is 560. The molecule has 0 aliphatic carbocycles. The molecule has 0 fully saturated rings. The summed E-state index contributed by atoms with van der Waals surface area (Å²) in [5.74, 6) is 0.493. The van der Waals surface area contributed by atoms with Crippen molar-refractivity contribution in [2.45, 2.75) is 12.7 Å². The van der Waals surface area contributed by atoms with E-state index in [1.54, 1.807) is 13.2 Å². The van der Waals surface area contributed by atoms with Crippen LogP contribution in [0.25, 0.3) is 0 Å². The van der Waals surface area contributed by atoms with Crippen LogP contribution in [-0.2, 0) is 11.3 Å². The molecule has 0 spiro atoms. The standard InChI is InChI=1S/C16H18FNO2/c1-19-15-7-2-4-12(8-15)11-20-16(10-18)13-5-3-6-14(17)9-13/h2-9,16H,10-11,18H2,1H3. The summed E-state index contributed by atoms with van der Waals surface area (Å²) in [5.41, 5.74) is 7.43. The number of methoxy groups -OCH3 is 1. The Balaban J connectivity index is 2.03. The second kappa shape index (κ2) is 7.03. The Hall–Kier alpha value is -1.91. The van der Waals surface area contributed by atoms with Crippen molar-refractivity contribution in [2.24, 2.45) is 5.73 Å². The smallest absolute Gasteiger partial charge is 0.123 e. The van der Waals surface area contributed by atoms with E-state index in [-0.39, 0.29) is 11.9 Å². The molecule has 4 heteroatoms. The first-order chi connectivity index (χ1) is 9.72. The summed E-state index contributed by atoms with van der Waals surface area (Å²) in [6, 6.07) is 13.9. The van der Waals surface area contributed by atoms with Crippen molar-refractivity contribution >= 4 is 0 Å². The van der Waals surface area contributed by atoms with Crippen LogP contribution in [0.15, 0.2) is 48.5 Å². The number of rotatable bonds is 6. The van der Waals surface area contributed by atoms with E-state index in [1.165, 1.54) is 12.1 Å². The molecule has 1 unspecified atom stereocenters. The van der Waals surface area contributed by atoms with Crippen LogP contribution in [0.5, 0.6) is 5.75 Å². The fourth-order valence-electron chi connectivity index (χ4n) is 1.97. The number of benzene rings is 2. The van der Waals surface area contributed by atoms with Gasteiger partial charge in [0.05, 0.1) is 19.8 Å². The van der Waals surface area contributed by atoms with Crippen molar-refractivity contribution < 1.29 is 13.9 Å². The topological polar surface area (TPSA) is 44.5 Å². The molecule has 0 heterocycles. The Kier molecular flexibility index (Phi) is 5.09. The van der Waals surface area contributed by atoms with Gasteiger partial charge in [-0.2, -0.15) is 0 Å². The molecular formula is C16H18FNO2. The van der Waals surface area contributed by atoms with Crippen molar-refractivity contribution in [3.05, 3.63) is 65.5 Å². The number of ether oxygens (including phenoxy) is 2. The summed E-state index contributed by atoms with van der Waals surface area (Å²) in [4.78, 5) is 0. The maximum absolute atomic E-state index is 13.2. The lowest BCUT2D eigenvalue weighted by atomic mass is 10.1. The average Bonchev–Trinajstić information content (AvgIpc) is 2.48. The van der Waals surface area contributed by atoms with E-state index in [1.807, 2.05) is 30.3 Å². The molecule has 2 rings (SSSR count). The Morgan fingerprint density at radius 3 is 2.65 bits per heavy atom. The van der Waals surface area contributed by atoms with E-state index in [0.717, 1.165) is 16.9 Å². The molecule has 0 saturated carbocycles. The number of hydrogen-bond acceptors (Lipinski definition) is 3. The summed E-state index contributed by atoms with van der Waals surface area (Å²) in [6.07, 6.45) is -0.322. The van der Waals surface area contributed by atoms with E-state index in [0.29, 0.717) is 13.2 Å². The molecule has 0 amide bonds. The first kappa shape index (κ1) is 14.5. The minimum atomic E-state index is -0.322. The first-order valence-corrected chi connectivity index (χ1v) is 6.43. The SMILES string of the molecule is COc1cccc(COC(CN)c2cccc(F)c2)c1. The highest BCUT2D eigenvalue weighted by molar-refractivity contribution is 5.28. The Morgan fingerprint density at radius 1 is 1.15 bits per heavy atom. The van der Waals surface area contributed by atoms with Gasteiger partial charge in [0.1, 0.15) is 11.6 Å². The van der Waals surface area contributed by atoms with Gasteiger partial charge in [-0.1, -0.05) is 24.3 Å². The molecule has 2 N–H and O–H groups in total. The molecule has 0 aliphatic heterocycles. The van der Waals surface area contributed by atoms with Crippen LogP contribution in [0.1, 0.15) is 17.2 Å². The second-order valence-corrected chi connectivity index (χ2v) is 4.44. The number of halogens is 1. The third-order valence-corrected chi connectivity index (χ3v) is 3.02. The minimum Gasteiger partial charge on any atom is -0.497 e. The summed E-state index contributed by atoms with van der Waals surface area (Å²) < 4.78 is 24.1. The van der Waals surface area contributed by atoms with Gasteiger partial charge in [-0.05, 0) is 35.4 Å². The largest absolute Gasteiger partial charge is 0.497 e. The zero-order valence-electron chi connectivity index (χ0n) is 11.4. The molecule has 2 aromatic rings. The van der Waals surface area contributed by atoms with E-state index < -0.39 is 0 Å². The van der Waals surface area contributed by atoms with Crippen molar-refractivity contribution in [2.75, 3.05) is 13.7 Å². The molecule has 0 saturated heterocycles. The van der Waals surface area contributed by atoms with E-state index in [2.05, 4.69) is 0 Å². The van der Waals surface area contributed by atoms with Gasteiger partial charge in [-0.15, -0.1) is 0 Å². The van der Waals surface area contributed by atoms with Crippen molar-refractivity contribution in [3.63, 3.8) is 0 Å². The zero-order valence-corrected chi connectivity index (χ0v) is 11.4. The molecular weight excluding hydrogens is 257 g/mol. The molecule has 0 bridgehead atoms. The highest BCUT2D eigenvalue weighted by atomic mass is 19.1. The lowest BCUT2D eigenvalue weighted by Crippen LogP contribution is -2.16. The first-order valence-electron chi connectivity index (χ1n) is 6.43. The second-order valence-electron chi connectivity index (χ2n) is 4.44. The third-order valence-electron chi connectivity index (χ3n) is 3.02.